The van der Waals surface area contributed by atoms with Crippen LogP contribution < -0.4 is 5.32 Å². The topological polar surface area (TPSA) is 42.0 Å². The Labute approximate surface area is 81.2 Å². The van der Waals surface area contributed by atoms with E-state index in [4.69, 9.17) is 0 Å². The second kappa shape index (κ2) is 5.46. The molecule has 0 atom stereocenters. The molecule has 1 rings (SSSR count). The Morgan fingerprint density at radius 2 is 2.62 bits per heavy atom. The number of thiazole rings is 1. The van der Waals surface area contributed by atoms with Crippen LogP contribution in [0.15, 0.2) is 5.38 Å². The molecule has 68 valence electrons. The summed E-state index contributed by atoms with van der Waals surface area (Å²) in [6, 6.07) is 0. The molecule has 0 saturated heterocycles. The highest BCUT2D eigenvalue weighted by Crippen LogP contribution is 2.05. The van der Waals surface area contributed by atoms with E-state index in [1.54, 1.807) is 5.38 Å². The first-order valence-corrected chi connectivity index (χ1v) is 4.79. The zero-order valence-corrected chi connectivity index (χ0v) is 8.15. The molecule has 0 unspecified atom stereocenters. The molecule has 1 aromatic heterocycles. The predicted octanol–water partition coefficient (Wildman–Crippen LogP) is 0.917. The van der Waals surface area contributed by atoms with Gasteiger partial charge in [-0.05, 0) is 13.0 Å². The van der Waals surface area contributed by atoms with Gasteiger partial charge in [0.1, 0.15) is 5.69 Å². The molecule has 0 aromatic carbocycles. The van der Waals surface area contributed by atoms with Gasteiger partial charge >= 0.3 is 0 Å². The lowest BCUT2D eigenvalue weighted by Gasteiger charge is -1.86. The van der Waals surface area contributed by atoms with E-state index in [1.807, 2.05) is 7.05 Å². The van der Waals surface area contributed by atoms with Gasteiger partial charge in [0.15, 0.2) is 11.3 Å². The lowest BCUT2D eigenvalue weighted by molar-refractivity contribution is 0.112. The van der Waals surface area contributed by atoms with Gasteiger partial charge in [0.2, 0.25) is 0 Å². The van der Waals surface area contributed by atoms with Gasteiger partial charge in [-0.2, -0.15) is 0 Å². The summed E-state index contributed by atoms with van der Waals surface area (Å²) in [5.74, 6) is 5.84. The van der Waals surface area contributed by atoms with E-state index >= 15 is 0 Å². The maximum absolute atomic E-state index is 10.3. The summed E-state index contributed by atoms with van der Waals surface area (Å²) in [7, 11) is 1.88. The van der Waals surface area contributed by atoms with E-state index in [1.165, 1.54) is 11.3 Å². The summed E-state index contributed by atoms with van der Waals surface area (Å²) < 4.78 is 0. The SMILES string of the molecule is CNCCC#Cc1csc(C=O)n1. The maximum atomic E-state index is 10.3. The predicted molar refractivity (Wildman–Crippen MR) is 52.9 cm³/mol. The summed E-state index contributed by atoms with van der Waals surface area (Å²) in [5, 5.41) is 5.27. The number of carbonyl (C=O) groups excluding carboxylic acids is 1. The van der Waals surface area contributed by atoms with Gasteiger partial charge in [-0.25, -0.2) is 4.98 Å². The minimum Gasteiger partial charge on any atom is -0.319 e. The second-order valence-electron chi connectivity index (χ2n) is 2.34. The molecule has 4 heteroatoms. The Morgan fingerprint density at radius 1 is 1.77 bits per heavy atom. The van der Waals surface area contributed by atoms with E-state index in [0.29, 0.717) is 10.7 Å². The van der Waals surface area contributed by atoms with Crippen molar-refractivity contribution in [3.63, 3.8) is 0 Å². The van der Waals surface area contributed by atoms with E-state index in [9.17, 15) is 4.79 Å². The maximum Gasteiger partial charge on any atom is 0.178 e. The van der Waals surface area contributed by atoms with Crippen molar-refractivity contribution in [1.29, 1.82) is 0 Å². The van der Waals surface area contributed by atoms with Crippen molar-refractivity contribution < 1.29 is 4.79 Å². The molecule has 3 nitrogen and oxygen atoms in total. The van der Waals surface area contributed by atoms with Crippen LogP contribution in [0.1, 0.15) is 21.9 Å². The Balaban J connectivity index is 2.51. The summed E-state index contributed by atoms with van der Waals surface area (Å²) >= 11 is 1.32. The highest BCUT2D eigenvalue weighted by Gasteiger charge is 1.95. The van der Waals surface area contributed by atoms with Gasteiger partial charge in [-0.1, -0.05) is 5.92 Å². The van der Waals surface area contributed by atoms with Gasteiger partial charge in [0, 0.05) is 18.3 Å². The van der Waals surface area contributed by atoms with Crippen LogP contribution >= 0.6 is 11.3 Å². The van der Waals surface area contributed by atoms with Gasteiger partial charge in [0.05, 0.1) is 0 Å². The molecule has 0 amide bonds. The smallest absolute Gasteiger partial charge is 0.178 e. The lowest BCUT2D eigenvalue weighted by atomic mass is 10.4. The number of nitrogens with one attached hydrogen (secondary N) is 1. The number of rotatable bonds is 3. The number of hydrogen-bond donors (Lipinski definition) is 1. The van der Waals surface area contributed by atoms with Crippen LogP contribution in [0.5, 0.6) is 0 Å². The number of aldehydes is 1. The van der Waals surface area contributed by atoms with Crippen molar-refractivity contribution in [2.45, 2.75) is 6.42 Å². The molecular formula is C9H10N2OS. The number of carbonyl (C=O) groups is 1. The quantitative estimate of drug-likeness (QED) is 0.442. The third kappa shape index (κ3) is 3.36. The van der Waals surface area contributed by atoms with Gasteiger partial charge in [-0.3, -0.25) is 4.79 Å². The van der Waals surface area contributed by atoms with E-state index in [2.05, 4.69) is 22.1 Å². The van der Waals surface area contributed by atoms with Gasteiger partial charge < -0.3 is 5.32 Å². The molecule has 0 saturated carbocycles. The molecule has 1 heterocycles. The summed E-state index contributed by atoms with van der Waals surface area (Å²) in [4.78, 5) is 14.3. The van der Waals surface area contributed by atoms with Crippen LogP contribution in [0.3, 0.4) is 0 Å². The first kappa shape index (κ1) is 9.90. The summed E-state index contributed by atoms with van der Waals surface area (Å²) in [6.45, 7) is 0.873. The number of nitrogens with zero attached hydrogens (tertiary/aromatic N) is 1. The van der Waals surface area contributed by atoms with E-state index in [0.717, 1.165) is 19.3 Å². The van der Waals surface area contributed by atoms with Gasteiger partial charge in [-0.15, -0.1) is 11.3 Å². The molecule has 0 bridgehead atoms. The largest absolute Gasteiger partial charge is 0.319 e. The molecule has 0 aliphatic heterocycles. The fraction of sp³-hybridized carbons (Fsp3) is 0.333. The van der Waals surface area contributed by atoms with Crippen LogP contribution in [0, 0.1) is 11.8 Å². The third-order valence-corrected chi connectivity index (χ3v) is 2.11. The molecular weight excluding hydrogens is 184 g/mol. The average molecular weight is 194 g/mol. The molecule has 0 fully saturated rings. The van der Waals surface area contributed by atoms with Gasteiger partial charge in [0.25, 0.3) is 0 Å². The number of hydrogen-bond acceptors (Lipinski definition) is 4. The standard InChI is InChI=1S/C9H10N2OS/c1-10-5-3-2-4-8-7-13-9(6-12)11-8/h6-7,10H,3,5H2,1H3. The van der Waals surface area contributed by atoms with Crippen LogP contribution in [0.4, 0.5) is 0 Å². The Bertz CT molecular complexity index is 335. The molecule has 0 aliphatic rings. The molecule has 1 aromatic rings. The highest BCUT2D eigenvalue weighted by molar-refractivity contribution is 7.11. The monoisotopic (exact) mass is 194 g/mol. The first-order valence-electron chi connectivity index (χ1n) is 3.91. The zero-order chi connectivity index (χ0) is 9.52. The Hall–Kier alpha value is -1.18. The van der Waals surface area contributed by atoms with Crippen LogP contribution in [0.25, 0.3) is 0 Å². The van der Waals surface area contributed by atoms with Crippen molar-refractivity contribution in [2.24, 2.45) is 0 Å². The van der Waals surface area contributed by atoms with Crippen LogP contribution in [0.2, 0.25) is 0 Å². The Kier molecular flexibility index (Phi) is 4.16. The van der Waals surface area contributed by atoms with Crippen molar-refractivity contribution in [2.75, 3.05) is 13.6 Å². The normalized spacial score (nSPS) is 9.00. The average Bonchev–Trinajstić information content (AvgIpc) is 2.60. The number of aromatic nitrogens is 1. The van der Waals surface area contributed by atoms with Crippen molar-refractivity contribution in [3.05, 3.63) is 16.1 Å². The fourth-order valence-corrected chi connectivity index (χ4v) is 1.29. The highest BCUT2D eigenvalue weighted by atomic mass is 32.1. The van der Waals surface area contributed by atoms with Crippen molar-refractivity contribution in [3.8, 4) is 11.8 Å². The molecule has 0 radical (unpaired) electrons. The zero-order valence-electron chi connectivity index (χ0n) is 7.33. The molecule has 0 aliphatic carbocycles. The fourth-order valence-electron chi connectivity index (χ4n) is 0.740. The molecule has 13 heavy (non-hydrogen) atoms. The third-order valence-electron chi connectivity index (χ3n) is 1.34. The Morgan fingerprint density at radius 3 is 3.23 bits per heavy atom. The van der Waals surface area contributed by atoms with Crippen LogP contribution in [-0.4, -0.2) is 24.9 Å². The summed E-state index contributed by atoms with van der Waals surface area (Å²) in [6.07, 6.45) is 1.54. The lowest BCUT2D eigenvalue weighted by Crippen LogP contribution is -2.05. The molecule has 1 N–H and O–H groups in total. The minimum atomic E-state index is 0.484. The van der Waals surface area contributed by atoms with E-state index < -0.39 is 0 Å². The second-order valence-corrected chi connectivity index (χ2v) is 3.23. The van der Waals surface area contributed by atoms with Crippen LogP contribution in [-0.2, 0) is 0 Å². The van der Waals surface area contributed by atoms with E-state index in [-0.39, 0.29) is 0 Å². The van der Waals surface area contributed by atoms with Crippen molar-refractivity contribution >= 4 is 17.6 Å². The minimum absolute atomic E-state index is 0.484. The first-order chi connectivity index (χ1) is 6.36. The van der Waals surface area contributed by atoms with Crippen molar-refractivity contribution in [1.82, 2.24) is 10.3 Å². The summed E-state index contributed by atoms with van der Waals surface area (Å²) in [5.41, 5.74) is 0.684. The molecule has 0 spiro atoms.